The van der Waals surface area contributed by atoms with Gasteiger partial charge >= 0.3 is 0 Å². The fourth-order valence-electron chi connectivity index (χ4n) is 2.27. The molecule has 0 unspecified atom stereocenters. The molecule has 0 amide bonds. The third kappa shape index (κ3) is 1.44. The Bertz CT molecular complexity index is 558. The molecule has 1 fully saturated rings. The summed E-state index contributed by atoms with van der Waals surface area (Å²) in [5.74, 6) is 0. The Labute approximate surface area is 94.6 Å². The SMILES string of the molecule is Cn1nc(C=C2CC(N)C2)c2ccccc21. The van der Waals surface area contributed by atoms with Gasteiger partial charge in [-0.05, 0) is 25.0 Å². The molecule has 16 heavy (non-hydrogen) atoms. The quantitative estimate of drug-likeness (QED) is 0.788. The fourth-order valence-corrected chi connectivity index (χ4v) is 2.27. The van der Waals surface area contributed by atoms with Crippen LogP contribution in [-0.4, -0.2) is 15.8 Å². The molecule has 3 nitrogen and oxygen atoms in total. The predicted molar refractivity (Wildman–Crippen MR) is 65.9 cm³/mol. The molecule has 0 spiro atoms. The topological polar surface area (TPSA) is 43.8 Å². The molecule has 0 aliphatic heterocycles. The van der Waals surface area contributed by atoms with Crippen LogP contribution in [0.3, 0.4) is 0 Å². The van der Waals surface area contributed by atoms with Crippen molar-refractivity contribution in [3.63, 3.8) is 0 Å². The van der Waals surface area contributed by atoms with Gasteiger partial charge in [-0.15, -0.1) is 0 Å². The van der Waals surface area contributed by atoms with E-state index < -0.39 is 0 Å². The number of aryl methyl sites for hydroxylation is 1. The number of para-hydroxylation sites is 1. The normalized spacial score (nSPS) is 19.9. The minimum absolute atomic E-state index is 0.362. The second-order valence-corrected chi connectivity index (χ2v) is 4.50. The molecule has 0 radical (unpaired) electrons. The molecule has 3 rings (SSSR count). The van der Waals surface area contributed by atoms with E-state index >= 15 is 0 Å². The molecular formula is C13H15N3. The Morgan fingerprint density at radius 3 is 2.88 bits per heavy atom. The van der Waals surface area contributed by atoms with Gasteiger partial charge in [0.2, 0.25) is 0 Å². The lowest BCUT2D eigenvalue weighted by molar-refractivity contribution is 0.547. The Kier molecular flexibility index (Phi) is 2.07. The van der Waals surface area contributed by atoms with E-state index in [9.17, 15) is 0 Å². The summed E-state index contributed by atoms with van der Waals surface area (Å²) in [6.07, 6.45) is 4.22. The maximum Gasteiger partial charge on any atom is 0.0929 e. The molecule has 1 aromatic carbocycles. The van der Waals surface area contributed by atoms with E-state index in [-0.39, 0.29) is 0 Å². The third-order valence-corrected chi connectivity index (χ3v) is 3.18. The van der Waals surface area contributed by atoms with Crippen LogP contribution in [0.2, 0.25) is 0 Å². The number of hydrogen-bond acceptors (Lipinski definition) is 2. The first-order valence-electron chi connectivity index (χ1n) is 5.61. The van der Waals surface area contributed by atoms with E-state index in [0.717, 1.165) is 18.5 Å². The van der Waals surface area contributed by atoms with Crippen LogP contribution in [0.25, 0.3) is 17.0 Å². The zero-order chi connectivity index (χ0) is 11.1. The second kappa shape index (κ2) is 3.46. The number of rotatable bonds is 1. The van der Waals surface area contributed by atoms with Gasteiger partial charge in [0.25, 0.3) is 0 Å². The molecule has 1 aliphatic carbocycles. The monoisotopic (exact) mass is 213 g/mol. The lowest BCUT2D eigenvalue weighted by atomic mass is 9.86. The molecule has 0 saturated heterocycles. The van der Waals surface area contributed by atoms with E-state index in [1.807, 2.05) is 17.8 Å². The van der Waals surface area contributed by atoms with Gasteiger partial charge in [0.05, 0.1) is 11.2 Å². The van der Waals surface area contributed by atoms with Crippen molar-refractivity contribution in [2.75, 3.05) is 0 Å². The summed E-state index contributed by atoms with van der Waals surface area (Å²) in [7, 11) is 1.98. The van der Waals surface area contributed by atoms with Gasteiger partial charge in [-0.2, -0.15) is 5.10 Å². The summed E-state index contributed by atoms with van der Waals surface area (Å²) in [5.41, 5.74) is 9.44. The summed E-state index contributed by atoms with van der Waals surface area (Å²) in [6, 6.07) is 8.67. The van der Waals surface area contributed by atoms with E-state index in [0.29, 0.717) is 6.04 Å². The highest BCUT2D eigenvalue weighted by atomic mass is 15.3. The van der Waals surface area contributed by atoms with Crippen LogP contribution >= 0.6 is 0 Å². The number of hydrogen-bond donors (Lipinski definition) is 1. The summed E-state index contributed by atoms with van der Waals surface area (Å²) in [5, 5.41) is 5.76. The lowest BCUT2D eigenvalue weighted by Crippen LogP contribution is -2.29. The zero-order valence-electron chi connectivity index (χ0n) is 9.35. The van der Waals surface area contributed by atoms with Crippen molar-refractivity contribution in [1.82, 2.24) is 9.78 Å². The largest absolute Gasteiger partial charge is 0.327 e. The minimum atomic E-state index is 0.362. The van der Waals surface area contributed by atoms with E-state index in [1.54, 1.807) is 0 Å². The summed E-state index contributed by atoms with van der Waals surface area (Å²) >= 11 is 0. The van der Waals surface area contributed by atoms with Gasteiger partial charge in [0, 0.05) is 18.5 Å². The Morgan fingerprint density at radius 2 is 2.12 bits per heavy atom. The van der Waals surface area contributed by atoms with Crippen molar-refractivity contribution in [3.8, 4) is 0 Å². The molecule has 82 valence electrons. The second-order valence-electron chi connectivity index (χ2n) is 4.50. The number of nitrogens with two attached hydrogens (primary N) is 1. The molecule has 3 heteroatoms. The summed E-state index contributed by atoms with van der Waals surface area (Å²) in [6.45, 7) is 0. The molecule has 2 aromatic rings. The van der Waals surface area contributed by atoms with Gasteiger partial charge < -0.3 is 5.73 Å². The molecule has 1 aliphatic rings. The standard InChI is InChI=1S/C13H15N3/c1-16-13-5-3-2-4-11(13)12(15-16)8-9-6-10(14)7-9/h2-5,8,10H,6-7,14H2,1H3. The van der Waals surface area contributed by atoms with Gasteiger partial charge in [-0.3, -0.25) is 4.68 Å². The first-order valence-corrected chi connectivity index (χ1v) is 5.61. The molecule has 1 heterocycles. The van der Waals surface area contributed by atoms with Crippen molar-refractivity contribution in [1.29, 1.82) is 0 Å². The maximum absolute atomic E-state index is 5.77. The Morgan fingerprint density at radius 1 is 1.38 bits per heavy atom. The van der Waals surface area contributed by atoms with E-state index in [2.05, 4.69) is 29.4 Å². The van der Waals surface area contributed by atoms with Crippen LogP contribution in [0, 0.1) is 0 Å². The highest BCUT2D eigenvalue weighted by Gasteiger charge is 2.19. The molecule has 2 N–H and O–H groups in total. The number of aromatic nitrogens is 2. The van der Waals surface area contributed by atoms with E-state index in [4.69, 9.17) is 5.73 Å². The average molecular weight is 213 g/mol. The Hall–Kier alpha value is -1.61. The molecule has 0 atom stereocenters. The lowest BCUT2D eigenvalue weighted by Gasteiger charge is -2.24. The van der Waals surface area contributed by atoms with Crippen LogP contribution in [0.15, 0.2) is 29.8 Å². The Balaban J connectivity index is 2.07. The molecule has 1 aromatic heterocycles. The first-order chi connectivity index (χ1) is 7.74. The van der Waals surface area contributed by atoms with Crippen LogP contribution in [0.5, 0.6) is 0 Å². The smallest absolute Gasteiger partial charge is 0.0929 e. The van der Waals surface area contributed by atoms with Crippen LogP contribution in [-0.2, 0) is 7.05 Å². The highest BCUT2D eigenvalue weighted by molar-refractivity contribution is 5.87. The molecule has 0 bridgehead atoms. The third-order valence-electron chi connectivity index (χ3n) is 3.18. The van der Waals surface area contributed by atoms with Gasteiger partial charge in [-0.1, -0.05) is 23.8 Å². The number of benzene rings is 1. The van der Waals surface area contributed by atoms with Crippen LogP contribution in [0.1, 0.15) is 18.5 Å². The van der Waals surface area contributed by atoms with Crippen molar-refractivity contribution in [2.45, 2.75) is 18.9 Å². The number of nitrogens with zero attached hydrogens (tertiary/aromatic N) is 2. The van der Waals surface area contributed by atoms with Gasteiger partial charge in [0.1, 0.15) is 0 Å². The zero-order valence-corrected chi connectivity index (χ0v) is 9.35. The predicted octanol–water partition coefficient (Wildman–Crippen LogP) is 2.08. The molecule has 1 saturated carbocycles. The first kappa shape index (κ1) is 9.60. The summed E-state index contributed by atoms with van der Waals surface area (Å²) < 4.78 is 1.93. The van der Waals surface area contributed by atoms with Gasteiger partial charge in [-0.25, -0.2) is 0 Å². The molecular weight excluding hydrogens is 198 g/mol. The summed E-state index contributed by atoms with van der Waals surface area (Å²) in [4.78, 5) is 0. The average Bonchev–Trinajstić information content (AvgIpc) is 2.55. The van der Waals surface area contributed by atoms with E-state index in [1.165, 1.54) is 16.5 Å². The maximum atomic E-state index is 5.77. The van der Waals surface area contributed by atoms with Crippen molar-refractivity contribution >= 4 is 17.0 Å². The fraction of sp³-hybridized carbons (Fsp3) is 0.308. The number of fused-ring (bicyclic) bond motifs is 1. The highest BCUT2D eigenvalue weighted by Crippen LogP contribution is 2.28. The van der Waals surface area contributed by atoms with Crippen molar-refractivity contribution in [3.05, 3.63) is 35.5 Å². The van der Waals surface area contributed by atoms with Crippen molar-refractivity contribution in [2.24, 2.45) is 12.8 Å². The van der Waals surface area contributed by atoms with Crippen LogP contribution < -0.4 is 5.73 Å². The minimum Gasteiger partial charge on any atom is -0.327 e. The van der Waals surface area contributed by atoms with Gasteiger partial charge in [0.15, 0.2) is 0 Å². The van der Waals surface area contributed by atoms with Crippen molar-refractivity contribution < 1.29 is 0 Å². The van der Waals surface area contributed by atoms with Crippen LogP contribution in [0.4, 0.5) is 0 Å².